The molecule has 0 radical (unpaired) electrons. The van der Waals surface area contributed by atoms with E-state index >= 15 is 0 Å². The summed E-state index contributed by atoms with van der Waals surface area (Å²) in [7, 11) is 0. The minimum Gasteiger partial charge on any atom is -0.294 e. The van der Waals surface area contributed by atoms with Crippen LogP contribution in [-0.4, -0.2) is 23.5 Å². The number of pyridine rings is 1. The van der Waals surface area contributed by atoms with E-state index in [1.165, 1.54) is 0 Å². The van der Waals surface area contributed by atoms with Crippen LogP contribution >= 0.6 is 15.9 Å². The highest BCUT2D eigenvalue weighted by Crippen LogP contribution is 2.24. The van der Waals surface area contributed by atoms with Crippen molar-refractivity contribution in [3.63, 3.8) is 0 Å². The molecule has 1 aliphatic heterocycles. The molecule has 0 bridgehead atoms. The number of fused-ring (bicyclic) bond motifs is 1. The number of benzene rings is 1. The van der Waals surface area contributed by atoms with Crippen LogP contribution in [0.15, 0.2) is 35.1 Å². The summed E-state index contributed by atoms with van der Waals surface area (Å²) in [6, 6.07) is 7.20. The Labute approximate surface area is 117 Å². The average Bonchev–Trinajstić information content (AvgIpc) is 2.38. The number of nitrogens with one attached hydrogen (secondary N) is 1. The van der Waals surface area contributed by atoms with E-state index in [9.17, 15) is 9.59 Å². The molecule has 1 aliphatic rings. The van der Waals surface area contributed by atoms with Gasteiger partial charge in [0.2, 0.25) is 5.91 Å². The van der Waals surface area contributed by atoms with E-state index in [-0.39, 0.29) is 11.9 Å². The lowest BCUT2D eigenvalue weighted by molar-refractivity contribution is -0.120. The molecule has 0 aliphatic carbocycles. The molecule has 2 aromatic rings. The number of nitrogens with zero attached hydrogens (tertiary/aromatic N) is 2. The van der Waals surface area contributed by atoms with Gasteiger partial charge < -0.3 is 0 Å². The van der Waals surface area contributed by atoms with Gasteiger partial charge in [-0.2, -0.15) is 0 Å². The number of anilines is 1. The summed E-state index contributed by atoms with van der Waals surface area (Å²) in [4.78, 5) is 28.6. The first-order chi connectivity index (χ1) is 9.13. The van der Waals surface area contributed by atoms with E-state index in [0.29, 0.717) is 13.0 Å². The second-order valence-electron chi connectivity index (χ2n) is 4.29. The highest BCUT2D eigenvalue weighted by molar-refractivity contribution is 9.10. The molecule has 1 fully saturated rings. The lowest BCUT2D eigenvalue weighted by Crippen LogP contribution is -2.49. The van der Waals surface area contributed by atoms with Crippen molar-refractivity contribution in [3.05, 3.63) is 35.1 Å². The summed E-state index contributed by atoms with van der Waals surface area (Å²) in [5.74, 6) is -0.228. The standard InChI is InChI=1S/C13H10BrN3O2/c14-11-6-9-5-10(2-1-8(9)7-15-11)17-4-3-12(18)16-13(17)19/h1-2,5-7H,3-4H2,(H,16,18,19). The number of carbonyl (C=O) groups is 2. The first-order valence-corrected chi connectivity index (χ1v) is 6.59. The highest BCUT2D eigenvalue weighted by Gasteiger charge is 2.24. The van der Waals surface area contributed by atoms with Crippen molar-refractivity contribution in [2.24, 2.45) is 0 Å². The Morgan fingerprint density at radius 3 is 2.84 bits per heavy atom. The molecule has 0 saturated carbocycles. The van der Waals surface area contributed by atoms with Gasteiger partial charge in [0.25, 0.3) is 0 Å². The molecule has 0 unspecified atom stereocenters. The van der Waals surface area contributed by atoms with Gasteiger partial charge in [-0.25, -0.2) is 9.78 Å². The maximum Gasteiger partial charge on any atom is 0.328 e. The van der Waals surface area contributed by atoms with E-state index in [1.54, 1.807) is 11.1 Å². The molecule has 1 aromatic carbocycles. The smallest absolute Gasteiger partial charge is 0.294 e. The molecular weight excluding hydrogens is 310 g/mol. The number of aromatic nitrogens is 1. The molecule has 1 N–H and O–H groups in total. The zero-order chi connectivity index (χ0) is 13.4. The summed E-state index contributed by atoms with van der Waals surface area (Å²) in [5.41, 5.74) is 0.774. The normalized spacial score (nSPS) is 15.7. The predicted octanol–water partition coefficient (Wildman–Crippen LogP) is 2.44. The minimum atomic E-state index is -0.372. The zero-order valence-electron chi connectivity index (χ0n) is 9.89. The number of imide groups is 1. The summed E-state index contributed by atoms with van der Waals surface area (Å²) in [6.07, 6.45) is 2.09. The molecule has 6 heteroatoms. The van der Waals surface area contributed by atoms with Crippen molar-refractivity contribution in [3.8, 4) is 0 Å². The molecule has 1 saturated heterocycles. The van der Waals surface area contributed by atoms with E-state index in [1.807, 2.05) is 24.3 Å². The lowest BCUT2D eigenvalue weighted by atomic mass is 10.1. The van der Waals surface area contributed by atoms with Gasteiger partial charge in [-0.3, -0.25) is 15.0 Å². The molecular formula is C13H10BrN3O2. The number of hydrogen-bond acceptors (Lipinski definition) is 3. The van der Waals surface area contributed by atoms with Crippen molar-refractivity contribution in [2.75, 3.05) is 11.4 Å². The zero-order valence-corrected chi connectivity index (χ0v) is 11.5. The molecule has 96 valence electrons. The minimum absolute atomic E-state index is 0.228. The van der Waals surface area contributed by atoms with Crippen molar-refractivity contribution >= 4 is 44.3 Å². The Hall–Kier alpha value is -1.95. The van der Waals surface area contributed by atoms with Crippen molar-refractivity contribution < 1.29 is 9.59 Å². The monoisotopic (exact) mass is 319 g/mol. The molecule has 1 aromatic heterocycles. The Bertz CT molecular complexity index is 687. The third-order valence-electron chi connectivity index (χ3n) is 3.04. The number of halogens is 1. The van der Waals surface area contributed by atoms with Crippen molar-refractivity contribution in [1.82, 2.24) is 10.3 Å². The van der Waals surface area contributed by atoms with E-state index in [2.05, 4.69) is 26.2 Å². The number of amides is 3. The molecule has 3 rings (SSSR count). The Morgan fingerprint density at radius 1 is 1.21 bits per heavy atom. The van der Waals surface area contributed by atoms with E-state index in [4.69, 9.17) is 0 Å². The number of carbonyl (C=O) groups excluding carboxylic acids is 2. The summed E-state index contributed by atoms with van der Waals surface area (Å²) in [5, 5.41) is 4.30. The van der Waals surface area contributed by atoms with Crippen molar-refractivity contribution in [1.29, 1.82) is 0 Å². The number of hydrogen-bond donors (Lipinski definition) is 1. The predicted molar refractivity (Wildman–Crippen MR) is 74.9 cm³/mol. The Kier molecular flexibility index (Phi) is 2.94. The third kappa shape index (κ3) is 2.31. The molecule has 5 nitrogen and oxygen atoms in total. The number of urea groups is 1. The molecule has 0 spiro atoms. The Morgan fingerprint density at radius 2 is 2.05 bits per heavy atom. The highest BCUT2D eigenvalue weighted by atomic mass is 79.9. The van der Waals surface area contributed by atoms with Gasteiger partial charge in [0.05, 0.1) is 0 Å². The quantitative estimate of drug-likeness (QED) is 0.821. The molecule has 2 heterocycles. The summed E-state index contributed by atoms with van der Waals surface area (Å²) < 4.78 is 0.746. The number of rotatable bonds is 1. The first kappa shape index (κ1) is 12.1. The van der Waals surface area contributed by atoms with E-state index < -0.39 is 0 Å². The van der Waals surface area contributed by atoms with Crippen LogP contribution in [0.3, 0.4) is 0 Å². The van der Waals surface area contributed by atoms with Gasteiger partial charge in [-0.15, -0.1) is 0 Å². The second kappa shape index (κ2) is 4.62. The van der Waals surface area contributed by atoms with Gasteiger partial charge in [0.1, 0.15) is 4.60 Å². The molecule has 19 heavy (non-hydrogen) atoms. The fourth-order valence-electron chi connectivity index (χ4n) is 2.08. The van der Waals surface area contributed by atoms with Crippen LogP contribution in [-0.2, 0) is 4.79 Å². The fraction of sp³-hybridized carbons (Fsp3) is 0.154. The maximum absolute atomic E-state index is 11.8. The first-order valence-electron chi connectivity index (χ1n) is 5.80. The maximum atomic E-state index is 11.8. The summed E-state index contributed by atoms with van der Waals surface area (Å²) >= 11 is 3.32. The molecule has 3 amide bonds. The van der Waals surface area contributed by atoms with Crippen LogP contribution in [0.4, 0.5) is 10.5 Å². The molecule has 0 atom stereocenters. The van der Waals surface area contributed by atoms with Crippen LogP contribution in [0.5, 0.6) is 0 Å². The van der Waals surface area contributed by atoms with Gasteiger partial charge in [0, 0.05) is 30.2 Å². The van der Waals surface area contributed by atoms with Gasteiger partial charge in [-0.1, -0.05) is 6.07 Å². The van der Waals surface area contributed by atoms with E-state index in [0.717, 1.165) is 21.1 Å². The second-order valence-corrected chi connectivity index (χ2v) is 5.11. The van der Waals surface area contributed by atoms with Crippen molar-refractivity contribution in [2.45, 2.75) is 6.42 Å². The van der Waals surface area contributed by atoms with Gasteiger partial charge >= 0.3 is 6.03 Å². The van der Waals surface area contributed by atoms with Crippen LogP contribution in [0.25, 0.3) is 10.8 Å². The van der Waals surface area contributed by atoms with Crippen LogP contribution in [0.1, 0.15) is 6.42 Å². The lowest BCUT2D eigenvalue weighted by Gasteiger charge is -2.26. The largest absolute Gasteiger partial charge is 0.328 e. The SMILES string of the molecule is O=C1CCN(c2ccc3cnc(Br)cc3c2)C(=O)N1. The van der Waals surface area contributed by atoms with Gasteiger partial charge in [-0.05, 0) is 39.5 Å². The van der Waals surface area contributed by atoms with Gasteiger partial charge in [0.15, 0.2) is 0 Å². The van der Waals surface area contributed by atoms with Crippen LogP contribution < -0.4 is 10.2 Å². The fourth-order valence-corrected chi connectivity index (χ4v) is 2.43. The Balaban J connectivity index is 2.01. The van der Waals surface area contributed by atoms with Crippen LogP contribution in [0.2, 0.25) is 0 Å². The topological polar surface area (TPSA) is 62.3 Å². The third-order valence-corrected chi connectivity index (χ3v) is 3.47. The summed E-state index contributed by atoms with van der Waals surface area (Å²) in [6.45, 7) is 0.405. The average molecular weight is 320 g/mol. The van der Waals surface area contributed by atoms with Crippen LogP contribution in [0, 0.1) is 0 Å².